The Labute approximate surface area is 206 Å². The van der Waals surface area contributed by atoms with E-state index in [0.29, 0.717) is 33.0 Å². The van der Waals surface area contributed by atoms with E-state index in [4.69, 9.17) is 33.3 Å². The van der Waals surface area contributed by atoms with E-state index in [1.807, 2.05) is 61.2 Å². The van der Waals surface area contributed by atoms with Crippen LogP contribution in [0.1, 0.15) is 30.0 Å². The highest BCUT2D eigenvalue weighted by molar-refractivity contribution is 7.80. The summed E-state index contributed by atoms with van der Waals surface area (Å²) in [5, 5.41) is 8.65. The summed E-state index contributed by atoms with van der Waals surface area (Å²) in [6, 6.07) is 21.2. The highest BCUT2D eigenvalue weighted by Crippen LogP contribution is 2.39. The number of aromatic nitrogens is 2. The van der Waals surface area contributed by atoms with Gasteiger partial charge in [-0.1, -0.05) is 52.7 Å². The molecule has 170 valence electrons. The highest BCUT2D eigenvalue weighted by Gasteiger charge is 2.35. The SMILES string of the molecule is CC1=C(c2nc(-c3cccc(C)c3)no2)C(c2cccc(F)c2)NC(=S)N1c1ccc(Cl)cc1. The molecule has 1 unspecified atom stereocenters. The lowest BCUT2D eigenvalue weighted by Crippen LogP contribution is -2.46. The third-order valence-electron chi connectivity index (χ3n) is 5.68. The molecule has 2 heterocycles. The fraction of sp³-hybridized carbons (Fsp3) is 0.115. The van der Waals surface area contributed by atoms with E-state index in [1.54, 1.807) is 18.2 Å². The predicted octanol–water partition coefficient (Wildman–Crippen LogP) is 6.70. The fourth-order valence-corrected chi connectivity index (χ4v) is 4.58. The third-order valence-corrected chi connectivity index (χ3v) is 6.24. The molecule has 5 rings (SSSR count). The molecule has 1 aromatic heterocycles. The van der Waals surface area contributed by atoms with Crippen molar-refractivity contribution in [3.8, 4) is 11.4 Å². The molecule has 0 saturated carbocycles. The Balaban J connectivity index is 1.66. The zero-order chi connectivity index (χ0) is 23.8. The molecule has 5 nitrogen and oxygen atoms in total. The fourth-order valence-electron chi connectivity index (χ4n) is 4.09. The quantitative estimate of drug-likeness (QED) is 0.321. The van der Waals surface area contributed by atoms with Crippen molar-refractivity contribution in [3.05, 3.63) is 106 Å². The van der Waals surface area contributed by atoms with E-state index in [-0.39, 0.29) is 5.82 Å². The first-order chi connectivity index (χ1) is 16.4. The maximum Gasteiger partial charge on any atom is 0.258 e. The largest absolute Gasteiger partial charge is 0.351 e. The first-order valence-corrected chi connectivity index (χ1v) is 11.4. The molecule has 1 N–H and O–H groups in total. The third kappa shape index (κ3) is 4.20. The van der Waals surface area contributed by atoms with Crippen LogP contribution in [0.3, 0.4) is 0 Å². The highest BCUT2D eigenvalue weighted by atomic mass is 35.5. The minimum atomic E-state index is -0.474. The maximum atomic E-state index is 14.1. The van der Waals surface area contributed by atoms with Gasteiger partial charge in [-0.2, -0.15) is 4.98 Å². The molecule has 0 spiro atoms. The predicted molar refractivity (Wildman–Crippen MR) is 136 cm³/mol. The number of nitrogens with one attached hydrogen (secondary N) is 1. The zero-order valence-electron chi connectivity index (χ0n) is 18.4. The molecular formula is C26H20ClFN4OS. The second-order valence-electron chi connectivity index (χ2n) is 8.04. The van der Waals surface area contributed by atoms with Crippen molar-refractivity contribution in [1.29, 1.82) is 0 Å². The van der Waals surface area contributed by atoms with Crippen LogP contribution in [-0.4, -0.2) is 15.3 Å². The number of nitrogens with zero attached hydrogens (tertiary/aromatic N) is 3. The Kier molecular flexibility index (Phi) is 5.89. The van der Waals surface area contributed by atoms with Crippen LogP contribution in [-0.2, 0) is 0 Å². The van der Waals surface area contributed by atoms with Gasteiger partial charge in [0.25, 0.3) is 5.89 Å². The van der Waals surface area contributed by atoms with E-state index in [9.17, 15) is 4.39 Å². The lowest BCUT2D eigenvalue weighted by molar-refractivity contribution is 0.404. The number of allylic oxidation sites excluding steroid dienone is 1. The van der Waals surface area contributed by atoms with Crippen molar-refractivity contribution in [2.45, 2.75) is 19.9 Å². The summed E-state index contributed by atoms with van der Waals surface area (Å²) in [6.45, 7) is 3.94. The van der Waals surface area contributed by atoms with E-state index in [0.717, 1.165) is 22.5 Å². The molecule has 1 aliphatic heterocycles. The van der Waals surface area contributed by atoms with Crippen molar-refractivity contribution < 1.29 is 8.91 Å². The molecule has 3 aromatic carbocycles. The van der Waals surface area contributed by atoms with Gasteiger partial charge in [0, 0.05) is 22.0 Å². The number of benzene rings is 3. The summed E-state index contributed by atoms with van der Waals surface area (Å²) in [5.41, 5.74) is 4.97. The number of hydrogen-bond acceptors (Lipinski definition) is 4. The molecule has 4 aromatic rings. The summed E-state index contributed by atoms with van der Waals surface area (Å²) in [7, 11) is 0. The van der Waals surface area contributed by atoms with E-state index < -0.39 is 6.04 Å². The Morgan fingerprint density at radius 1 is 1.03 bits per heavy atom. The summed E-state index contributed by atoms with van der Waals surface area (Å²) >= 11 is 11.8. The molecule has 0 saturated heterocycles. The van der Waals surface area contributed by atoms with Gasteiger partial charge in [-0.15, -0.1) is 0 Å². The van der Waals surface area contributed by atoms with E-state index >= 15 is 0 Å². The van der Waals surface area contributed by atoms with Gasteiger partial charge >= 0.3 is 0 Å². The number of rotatable bonds is 4. The summed E-state index contributed by atoms with van der Waals surface area (Å²) < 4.78 is 19.9. The molecule has 0 amide bonds. The van der Waals surface area contributed by atoms with Crippen LogP contribution in [0.25, 0.3) is 17.0 Å². The van der Waals surface area contributed by atoms with Gasteiger partial charge in [0.15, 0.2) is 5.11 Å². The minimum absolute atomic E-state index is 0.331. The zero-order valence-corrected chi connectivity index (χ0v) is 20.0. The number of thiocarbonyl (C=S) groups is 1. The van der Waals surface area contributed by atoms with E-state index in [2.05, 4.69) is 10.5 Å². The van der Waals surface area contributed by atoms with Crippen LogP contribution in [0.5, 0.6) is 0 Å². The Morgan fingerprint density at radius 3 is 2.53 bits per heavy atom. The van der Waals surface area contributed by atoms with Crippen molar-refractivity contribution in [1.82, 2.24) is 15.5 Å². The average Bonchev–Trinajstić information content (AvgIpc) is 3.30. The van der Waals surface area contributed by atoms with Gasteiger partial charge in [0.05, 0.1) is 11.6 Å². The van der Waals surface area contributed by atoms with Gasteiger partial charge in [-0.3, -0.25) is 4.90 Å². The number of aryl methyl sites for hydroxylation is 1. The van der Waals surface area contributed by atoms with Crippen LogP contribution in [0.15, 0.2) is 83.0 Å². The van der Waals surface area contributed by atoms with Gasteiger partial charge < -0.3 is 9.84 Å². The lowest BCUT2D eigenvalue weighted by Gasteiger charge is -2.37. The Hall–Kier alpha value is -3.55. The summed E-state index contributed by atoms with van der Waals surface area (Å²) in [5.74, 6) is 0.466. The van der Waals surface area contributed by atoms with Crippen LogP contribution in [0.4, 0.5) is 10.1 Å². The first-order valence-electron chi connectivity index (χ1n) is 10.6. The number of anilines is 1. The summed E-state index contributed by atoms with van der Waals surface area (Å²) in [6.07, 6.45) is 0. The Morgan fingerprint density at radius 2 is 1.79 bits per heavy atom. The van der Waals surface area contributed by atoms with Gasteiger partial charge in [0.2, 0.25) is 5.82 Å². The smallest absolute Gasteiger partial charge is 0.258 e. The summed E-state index contributed by atoms with van der Waals surface area (Å²) in [4.78, 5) is 6.58. The lowest BCUT2D eigenvalue weighted by atomic mass is 9.94. The minimum Gasteiger partial charge on any atom is -0.351 e. The van der Waals surface area contributed by atoms with Crippen LogP contribution in [0.2, 0.25) is 5.02 Å². The molecule has 34 heavy (non-hydrogen) atoms. The first kappa shape index (κ1) is 22.3. The van der Waals surface area contributed by atoms with Gasteiger partial charge in [-0.25, -0.2) is 4.39 Å². The molecule has 1 atom stereocenters. The number of halogens is 2. The molecular weight excluding hydrogens is 471 g/mol. The van der Waals surface area contributed by atoms with E-state index in [1.165, 1.54) is 12.1 Å². The molecule has 0 fully saturated rings. The second-order valence-corrected chi connectivity index (χ2v) is 8.86. The van der Waals surface area contributed by atoms with Crippen molar-refractivity contribution in [2.24, 2.45) is 0 Å². The second kappa shape index (κ2) is 9.00. The normalized spacial score (nSPS) is 16.1. The van der Waals surface area contributed by atoms with Crippen LogP contribution >= 0.6 is 23.8 Å². The van der Waals surface area contributed by atoms with Gasteiger partial charge in [-0.05, 0) is 74.1 Å². The Bertz CT molecular complexity index is 1420. The molecule has 0 aliphatic carbocycles. The number of hydrogen-bond donors (Lipinski definition) is 1. The van der Waals surface area contributed by atoms with Crippen molar-refractivity contribution >= 4 is 40.2 Å². The van der Waals surface area contributed by atoms with Gasteiger partial charge in [0.1, 0.15) is 5.82 Å². The standard InChI is InChI=1S/C26H20ClFN4OS/c1-15-5-3-7-18(13-15)24-30-25(33-31-24)22-16(2)32(21-11-9-19(27)10-12-21)26(34)29-23(22)17-6-4-8-20(28)14-17/h3-14,23H,1-2H3,(H,29,34). The molecule has 1 aliphatic rings. The molecule has 0 radical (unpaired) electrons. The van der Waals surface area contributed by atoms with Crippen molar-refractivity contribution in [3.63, 3.8) is 0 Å². The molecule has 8 heteroatoms. The van der Waals surface area contributed by atoms with Crippen LogP contribution in [0, 0.1) is 12.7 Å². The maximum absolute atomic E-state index is 14.1. The topological polar surface area (TPSA) is 54.2 Å². The van der Waals surface area contributed by atoms with Crippen molar-refractivity contribution in [2.75, 3.05) is 4.90 Å². The van der Waals surface area contributed by atoms with Crippen LogP contribution < -0.4 is 10.2 Å². The monoisotopic (exact) mass is 490 g/mol. The average molecular weight is 491 g/mol. The molecule has 0 bridgehead atoms.